The van der Waals surface area contributed by atoms with Crippen molar-refractivity contribution in [2.24, 2.45) is 0 Å². The monoisotopic (exact) mass is 492 g/mol. The van der Waals surface area contributed by atoms with Crippen LogP contribution < -0.4 is 5.32 Å². The Balaban J connectivity index is 1.61. The van der Waals surface area contributed by atoms with E-state index in [2.05, 4.69) is 15.5 Å². The van der Waals surface area contributed by atoms with Crippen LogP contribution in [0.15, 0.2) is 83.0 Å². The summed E-state index contributed by atoms with van der Waals surface area (Å²) in [6, 6.07) is 17.9. The first kappa shape index (κ1) is 22.7. The molecule has 1 aromatic heterocycles. The molecule has 5 rings (SSSR count). The van der Waals surface area contributed by atoms with Crippen LogP contribution in [0.2, 0.25) is 5.02 Å². The van der Waals surface area contributed by atoms with Crippen LogP contribution in [-0.4, -0.2) is 21.1 Å². The average Bonchev–Trinajstić information content (AvgIpc) is 3.33. The fourth-order valence-electron chi connectivity index (χ4n) is 4.03. The number of allylic oxidation sites excluding steroid dienone is 1. The van der Waals surface area contributed by atoms with E-state index in [1.54, 1.807) is 37.3 Å². The topological polar surface area (TPSA) is 71.3 Å². The van der Waals surface area contributed by atoms with Gasteiger partial charge in [-0.05, 0) is 48.4 Å². The highest BCUT2D eigenvalue weighted by atomic mass is 35.5. The van der Waals surface area contributed by atoms with Gasteiger partial charge in [0.2, 0.25) is 5.82 Å². The largest absolute Gasteiger partial charge is 0.334 e. The van der Waals surface area contributed by atoms with Gasteiger partial charge in [0.1, 0.15) is 11.6 Å². The second kappa shape index (κ2) is 9.31. The van der Waals surface area contributed by atoms with Gasteiger partial charge in [0.05, 0.1) is 18.2 Å². The van der Waals surface area contributed by atoms with E-state index < -0.39 is 17.7 Å². The predicted molar refractivity (Wildman–Crippen MR) is 127 cm³/mol. The highest BCUT2D eigenvalue weighted by Gasteiger charge is 2.36. The Morgan fingerprint density at radius 1 is 1.03 bits per heavy atom. The fraction of sp³-hybridized carbons (Fsp3) is 0.115. The number of hydrogen-bond acceptors (Lipinski definition) is 4. The molecular formula is C26H19ClF2N4O2. The molecule has 1 atom stereocenters. The van der Waals surface area contributed by atoms with E-state index in [1.165, 1.54) is 29.2 Å². The molecule has 1 aliphatic heterocycles. The molecule has 0 saturated heterocycles. The lowest BCUT2D eigenvalue weighted by molar-refractivity contribution is 0.203. The Bertz CT molecular complexity index is 1440. The Morgan fingerprint density at radius 3 is 2.54 bits per heavy atom. The van der Waals surface area contributed by atoms with Gasteiger partial charge in [0.25, 0.3) is 5.89 Å². The highest BCUT2D eigenvalue weighted by molar-refractivity contribution is 6.31. The van der Waals surface area contributed by atoms with Gasteiger partial charge >= 0.3 is 6.03 Å². The molecule has 35 heavy (non-hydrogen) atoms. The van der Waals surface area contributed by atoms with Crippen molar-refractivity contribution in [3.05, 3.63) is 112 Å². The predicted octanol–water partition coefficient (Wildman–Crippen LogP) is 6.37. The molecule has 9 heteroatoms. The first-order chi connectivity index (χ1) is 16.9. The Hall–Kier alpha value is -4.04. The minimum atomic E-state index is -0.675. The van der Waals surface area contributed by atoms with Crippen molar-refractivity contribution >= 4 is 23.2 Å². The Morgan fingerprint density at radius 2 is 1.80 bits per heavy atom. The van der Waals surface area contributed by atoms with Gasteiger partial charge in [-0.15, -0.1) is 0 Å². The number of carbonyl (C=O) groups excluding carboxylic acids is 1. The lowest BCUT2D eigenvalue weighted by Crippen LogP contribution is -2.45. The molecule has 1 N–H and O–H groups in total. The van der Waals surface area contributed by atoms with E-state index in [1.807, 2.05) is 18.2 Å². The number of benzene rings is 3. The smallest absolute Gasteiger partial charge is 0.322 e. The molecule has 0 fully saturated rings. The number of aromatic nitrogens is 2. The van der Waals surface area contributed by atoms with Crippen LogP contribution in [0.1, 0.15) is 30.0 Å². The number of urea groups is 1. The molecular weight excluding hydrogens is 474 g/mol. The summed E-state index contributed by atoms with van der Waals surface area (Å²) in [6.07, 6.45) is 0. The molecule has 1 unspecified atom stereocenters. The minimum absolute atomic E-state index is 0.153. The summed E-state index contributed by atoms with van der Waals surface area (Å²) >= 11 is 6.33. The number of carbonyl (C=O) groups is 1. The molecule has 2 heterocycles. The second-order valence-electron chi connectivity index (χ2n) is 8.04. The normalized spacial score (nSPS) is 15.9. The molecule has 0 aliphatic carbocycles. The first-order valence-electron chi connectivity index (χ1n) is 10.8. The molecule has 0 bridgehead atoms. The molecule has 176 valence electrons. The molecule has 6 nitrogen and oxygen atoms in total. The zero-order valence-corrected chi connectivity index (χ0v) is 19.3. The first-order valence-corrected chi connectivity index (χ1v) is 11.2. The van der Waals surface area contributed by atoms with Crippen LogP contribution in [0.4, 0.5) is 13.6 Å². The van der Waals surface area contributed by atoms with Gasteiger partial charge in [-0.3, -0.25) is 4.90 Å². The third kappa shape index (κ3) is 4.52. The average molecular weight is 493 g/mol. The van der Waals surface area contributed by atoms with E-state index in [0.29, 0.717) is 27.4 Å². The number of halogens is 3. The van der Waals surface area contributed by atoms with Crippen LogP contribution in [0.3, 0.4) is 0 Å². The summed E-state index contributed by atoms with van der Waals surface area (Å²) in [5.41, 5.74) is 2.95. The summed E-state index contributed by atoms with van der Waals surface area (Å²) < 4.78 is 32.9. The number of nitrogens with zero attached hydrogens (tertiary/aromatic N) is 3. The zero-order valence-electron chi connectivity index (χ0n) is 18.5. The number of rotatable bonds is 5. The van der Waals surface area contributed by atoms with Crippen LogP contribution in [0, 0.1) is 11.6 Å². The number of amides is 2. The molecule has 3 aromatic carbocycles. The summed E-state index contributed by atoms with van der Waals surface area (Å²) in [5, 5.41) is 7.51. The molecule has 1 aliphatic rings. The van der Waals surface area contributed by atoms with Crippen molar-refractivity contribution in [3.8, 4) is 11.4 Å². The van der Waals surface area contributed by atoms with Crippen molar-refractivity contribution in [1.82, 2.24) is 20.4 Å². The van der Waals surface area contributed by atoms with E-state index in [-0.39, 0.29) is 24.3 Å². The van der Waals surface area contributed by atoms with Crippen LogP contribution in [0.25, 0.3) is 17.0 Å². The maximum absolute atomic E-state index is 13.7. The molecule has 4 aromatic rings. The van der Waals surface area contributed by atoms with Gasteiger partial charge in [-0.1, -0.05) is 59.2 Å². The Labute approximate surface area is 204 Å². The van der Waals surface area contributed by atoms with Gasteiger partial charge in [-0.2, -0.15) is 4.98 Å². The minimum Gasteiger partial charge on any atom is -0.334 e. The molecule has 0 saturated carbocycles. The lowest BCUT2D eigenvalue weighted by Gasteiger charge is -2.35. The maximum Gasteiger partial charge on any atom is 0.322 e. The fourth-order valence-corrected chi connectivity index (χ4v) is 4.22. The third-order valence-corrected chi connectivity index (χ3v) is 6.19. The maximum atomic E-state index is 13.7. The van der Waals surface area contributed by atoms with Crippen molar-refractivity contribution in [1.29, 1.82) is 0 Å². The third-order valence-electron chi connectivity index (χ3n) is 5.83. The quantitative estimate of drug-likeness (QED) is 0.351. The summed E-state index contributed by atoms with van der Waals surface area (Å²) in [6.45, 7) is 1.98. The summed E-state index contributed by atoms with van der Waals surface area (Å²) in [4.78, 5) is 19.2. The molecule has 0 radical (unpaired) electrons. The molecule has 0 spiro atoms. The van der Waals surface area contributed by atoms with Crippen molar-refractivity contribution in [2.45, 2.75) is 19.5 Å². The SMILES string of the molecule is CC1=C(c2nc(-c3cccc(F)c3)no2)C(c2ccc(F)cc2)NC(=O)N1Cc1ccccc1Cl. The standard InChI is InChI=1S/C26H19ClF2N4O2/c1-15-22(25-31-24(32-35-25)17-6-4-7-20(29)13-17)23(16-9-11-19(28)12-10-16)30-26(34)33(15)14-18-5-2-3-8-21(18)27/h2-13,23H,14H2,1H3,(H,30,34). The van der Waals surface area contributed by atoms with E-state index in [4.69, 9.17) is 16.1 Å². The van der Waals surface area contributed by atoms with Crippen LogP contribution in [0.5, 0.6) is 0 Å². The van der Waals surface area contributed by atoms with E-state index in [0.717, 1.165) is 5.56 Å². The summed E-state index contributed by atoms with van der Waals surface area (Å²) in [7, 11) is 0. The van der Waals surface area contributed by atoms with Crippen molar-refractivity contribution in [2.75, 3.05) is 0 Å². The second-order valence-corrected chi connectivity index (χ2v) is 8.45. The van der Waals surface area contributed by atoms with Crippen molar-refractivity contribution < 1.29 is 18.1 Å². The van der Waals surface area contributed by atoms with Gasteiger partial charge in [-0.25, -0.2) is 13.6 Å². The van der Waals surface area contributed by atoms with Crippen molar-refractivity contribution in [3.63, 3.8) is 0 Å². The van der Waals surface area contributed by atoms with Crippen LogP contribution >= 0.6 is 11.6 Å². The summed E-state index contributed by atoms with van der Waals surface area (Å²) in [5.74, 6) is -0.471. The number of hydrogen-bond donors (Lipinski definition) is 1. The Kier molecular flexibility index (Phi) is 6.05. The zero-order chi connectivity index (χ0) is 24.5. The van der Waals surface area contributed by atoms with Gasteiger partial charge in [0.15, 0.2) is 0 Å². The lowest BCUT2D eigenvalue weighted by atomic mass is 9.94. The highest BCUT2D eigenvalue weighted by Crippen LogP contribution is 2.38. The van der Waals surface area contributed by atoms with Gasteiger partial charge < -0.3 is 9.84 Å². The molecule has 2 amide bonds. The van der Waals surface area contributed by atoms with Gasteiger partial charge in [0, 0.05) is 16.3 Å². The van der Waals surface area contributed by atoms with E-state index in [9.17, 15) is 13.6 Å². The number of nitrogens with one attached hydrogen (secondary N) is 1. The van der Waals surface area contributed by atoms with E-state index >= 15 is 0 Å². The van der Waals surface area contributed by atoms with Crippen LogP contribution in [-0.2, 0) is 6.54 Å².